The molecule has 1 saturated carbocycles. The third-order valence-electron chi connectivity index (χ3n) is 5.92. The molecule has 4 rings (SSSR count). The summed E-state index contributed by atoms with van der Waals surface area (Å²) >= 11 is 0. The van der Waals surface area contributed by atoms with Crippen LogP contribution in [-0.2, 0) is 15.0 Å². The molecule has 2 aromatic rings. The van der Waals surface area contributed by atoms with Crippen LogP contribution in [0.2, 0.25) is 0 Å². The van der Waals surface area contributed by atoms with Gasteiger partial charge in [0, 0.05) is 12.0 Å². The molecule has 0 bridgehead atoms. The molecule has 0 saturated heterocycles. The van der Waals surface area contributed by atoms with E-state index in [4.69, 9.17) is 4.42 Å². The van der Waals surface area contributed by atoms with Crippen molar-refractivity contribution in [3.8, 4) is 0 Å². The van der Waals surface area contributed by atoms with Crippen LogP contribution >= 0.6 is 0 Å². The van der Waals surface area contributed by atoms with Gasteiger partial charge in [-0.05, 0) is 37.5 Å². The monoisotopic (exact) mass is 365 g/mol. The molecule has 2 heterocycles. The first kappa shape index (κ1) is 17.6. The maximum Gasteiger partial charge on any atom is 0.290 e. The molecule has 1 fully saturated rings. The number of carbonyl (C=O) groups is 2. The van der Waals surface area contributed by atoms with E-state index in [1.165, 1.54) is 18.8 Å². The molecule has 1 atom stereocenters. The highest BCUT2D eigenvalue weighted by molar-refractivity contribution is 6.08. The van der Waals surface area contributed by atoms with Gasteiger partial charge in [0.1, 0.15) is 11.8 Å². The normalized spacial score (nSPS) is 21.9. The lowest BCUT2D eigenvalue weighted by atomic mass is 9.78. The lowest BCUT2D eigenvalue weighted by Crippen LogP contribution is -2.42. The Balaban J connectivity index is 1.76. The van der Waals surface area contributed by atoms with Crippen molar-refractivity contribution in [1.29, 1.82) is 0 Å². The molecule has 1 aliphatic heterocycles. The number of hydrogen-bond donors (Lipinski definition) is 1. The number of furan rings is 1. The molecule has 1 aliphatic carbocycles. The fourth-order valence-electron chi connectivity index (χ4n) is 4.63. The van der Waals surface area contributed by atoms with Crippen molar-refractivity contribution in [2.75, 3.05) is 6.54 Å². The van der Waals surface area contributed by atoms with E-state index in [9.17, 15) is 14.7 Å². The van der Waals surface area contributed by atoms with Crippen molar-refractivity contribution in [2.45, 2.75) is 44.1 Å². The molecule has 2 aliphatic rings. The number of benzene rings is 1. The number of aliphatic hydroxyl groups excluding tert-OH is 1. The number of Topliss-reactive ketones (excluding diaryl/α,β-unsaturated/α-hetero) is 1. The van der Waals surface area contributed by atoms with Crippen molar-refractivity contribution in [1.82, 2.24) is 4.90 Å². The quantitative estimate of drug-likeness (QED) is 0.867. The molecular weight excluding hydrogens is 342 g/mol. The van der Waals surface area contributed by atoms with Gasteiger partial charge in [0.25, 0.3) is 5.91 Å². The number of carbonyl (C=O) groups excluding carboxylic acids is 2. The van der Waals surface area contributed by atoms with E-state index in [2.05, 4.69) is 12.1 Å². The van der Waals surface area contributed by atoms with Gasteiger partial charge in [0.15, 0.2) is 11.5 Å². The third-order valence-corrected chi connectivity index (χ3v) is 5.92. The Bertz CT molecular complexity index is 876. The first-order valence-corrected chi connectivity index (χ1v) is 9.37. The zero-order valence-electron chi connectivity index (χ0n) is 15.4. The number of amides is 1. The summed E-state index contributed by atoms with van der Waals surface area (Å²) in [5.74, 6) is -0.766. The van der Waals surface area contributed by atoms with E-state index >= 15 is 0 Å². The summed E-state index contributed by atoms with van der Waals surface area (Å²) < 4.78 is 5.54. The molecule has 0 radical (unpaired) electrons. The van der Waals surface area contributed by atoms with Crippen LogP contribution < -0.4 is 0 Å². The van der Waals surface area contributed by atoms with Gasteiger partial charge in [-0.25, -0.2) is 0 Å². The Morgan fingerprint density at radius 1 is 1.19 bits per heavy atom. The predicted molar refractivity (Wildman–Crippen MR) is 100 cm³/mol. The van der Waals surface area contributed by atoms with Gasteiger partial charge < -0.3 is 14.4 Å². The number of hydrogen-bond acceptors (Lipinski definition) is 4. The Hall–Kier alpha value is -2.82. The summed E-state index contributed by atoms with van der Waals surface area (Å²) in [5.41, 5.74) is 1.15. The average Bonchev–Trinajstić information content (AvgIpc) is 3.40. The summed E-state index contributed by atoms with van der Waals surface area (Å²) in [6.07, 6.45) is 5.67. The Labute approximate surface area is 158 Å². The van der Waals surface area contributed by atoms with Crippen molar-refractivity contribution < 1.29 is 19.1 Å². The fraction of sp³-hybridized carbons (Fsp3) is 0.364. The zero-order chi connectivity index (χ0) is 19.0. The Morgan fingerprint density at radius 3 is 2.48 bits per heavy atom. The average molecular weight is 365 g/mol. The molecule has 1 unspecified atom stereocenters. The molecule has 1 N–H and O–H groups in total. The third kappa shape index (κ3) is 2.87. The van der Waals surface area contributed by atoms with E-state index < -0.39 is 17.7 Å². The summed E-state index contributed by atoms with van der Waals surface area (Å²) in [5, 5.41) is 10.4. The van der Waals surface area contributed by atoms with Crippen molar-refractivity contribution in [3.05, 3.63) is 71.4 Å². The van der Waals surface area contributed by atoms with Crippen LogP contribution in [0.5, 0.6) is 0 Å². The predicted octanol–water partition coefficient (Wildman–Crippen LogP) is 4.08. The molecule has 5 heteroatoms. The van der Waals surface area contributed by atoms with E-state index in [0.29, 0.717) is 12.3 Å². The van der Waals surface area contributed by atoms with Crippen LogP contribution in [0.4, 0.5) is 0 Å². The minimum Gasteiger partial charge on any atom is -0.503 e. The van der Waals surface area contributed by atoms with Crippen LogP contribution in [0.15, 0.2) is 64.5 Å². The van der Waals surface area contributed by atoms with Crippen LogP contribution in [0, 0.1) is 0 Å². The van der Waals surface area contributed by atoms with Gasteiger partial charge in [-0.1, -0.05) is 43.2 Å². The highest BCUT2D eigenvalue weighted by atomic mass is 16.3. The first-order valence-electron chi connectivity index (χ1n) is 9.37. The van der Waals surface area contributed by atoms with Crippen molar-refractivity contribution >= 4 is 11.7 Å². The van der Waals surface area contributed by atoms with E-state index in [0.717, 1.165) is 25.7 Å². The summed E-state index contributed by atoms with van der Waals surface area (Å²) in [4.78, 5) is 26.7. The summed E-state index contributed by atoms with van der Waals surface area (Å²) in [7, 11) is 0. The van der Waals surface area contributed by atoms with Gasteiger partial charge in [-0.15, -0.1) is 0 Å². The van der Waals surface area contributed by atoms with Gasteiger partial charge in [0.2, 0.25) is 0 Å². The number of nitrogens with zero attached hydrogens (tertiary/aromatic N) is 1. The minimum absolute atomic E-state index is 0.121. The van der Waals surface area contributed by atoms with Crippen LogP contribution in [0.3, 0.4) is 0 Å². The topological polar surface area (TPSA) is 70.8 Å². The van der Waals surface area contributed by atoms with Crippen molar-refractivity contribution in [2.24, 2.45) is 0 Å². The largest absolute Gasteiger partial charge is 0.503 e. The molecule has 0 spiro atoms. The summed E-state index contributed by atoms with van der Waals surface area (Å²) in [6, 6.07) is 13.0. The van der Waals surface area contributed by atoms with E-state index in [1.54, 1.807) is 17.0 Å². The molecular formula is C22H23NO4. The molecule has 140 valence electrons. The SMILES string of the molecule is CC(=O)C1=C(O)C(=O)N(CC2(c3ccccc3)CCCC2)C1c1ccco1. The zero-order valence-corrected chi connectivity index (χ0v) is 15.4. The molecule has 1 aromatic carbocycles. The maximum absolute atomic E-state index is 12.9. The molecule has 27 heavy (non-hydrogen) atoms. The minimum atomic E-state index is -0.675. The maximum atomic E-state index is 12.9. The lowest BCUT2D eigenvalue weighted by molar-refractivity contribution is -0.130. The van der Waals surface area contributed by atoms with Crippen molar-refractivity contribution in [3.63, 3.8) is 0 Å². The number of rotatable bonds is 5. The highest BCUT2D eigenvalue weighted by Crippen LogP contribution is 2.46. The number of ketones is 1. The fourth-order valence-corrected chi connectivity index (χ4v) is 4.63. The smallest absolute Gasteiger partial charge is 0.290 e. The molecule has 1 aromatic heterocycles. The van der Waals surface area contributed by atoms with E-state index in [1.807, 2.05) is 18.2 Å². The second-order valence-corrected chi connectivity index (χ2v) is 7.52. The van der Waals surface area contributed by atoms with Gasteiger partial charge in [-0.2, -0.15) is 0 Å². The van der Waals surface area contributed by atoms with Crippen LogP contribution in [0.1, 0.15) is 50.0 Å². The number of aliphatic hydroxyl groups is 1. The Morgan fingerprint density at radius 2 is 1.89 bits per heavy atom. The first-order chi connectivity index (χ1) is 13.0. The Kier molecular flexibility index (Phi) is 4.38. The van der Waals surface area contributed by atoms with Gasteiger partial charge in [0.05, 0.1) is 11.8 Å². The lowest BCUT2D eigenvalue weighted by Gasteiger charge is -2.36. The molecule has 5 nitrogen and oxygen atoms in total. The second kappa shape index (κ2) is 6.72. The van der Waals surface area contributed by atoms with Gasteiger partial charge in [-0.3, -0.25) is 9.59 Å². The molecule has 1 amide bonds. The standard InChI is InChI=1S/C22H23NO4/c1-15(24)18-19(17-10-7-13-27-17)23(21(26)20(18)25)14-22(11-5-6-12-22)16-8-3-2-4-9-16/h2-4,7-10,13,19,25H,5-6,11-12,14H2,1H3. The van der Waals surface area contributed by atoms with Gasteiger partial charge >= 0.3 is 0 Å². The second-order valence-electron chi connectivity index (χ2n) is 7.52. The summed E-state index contributed by atoms with van der Waals surface area (Å²) in [6.45, 7) is 1.82. The van der Waals surface area contributed by atoms with Crippen LogP contribution in [-0.4, -0.2) is 28.2 Å². The van der Waals surface area contributed by atoms with Crippen LogP contribution in [0.25, 0.3) is 0 Å². The highest BCUT2D eigenvalue weighted by Gasteiger charge is 2.48. The van der Waals surface area contributed by atoms with E-state index in [-0.39, 0.29) is 16.8 Å².